The molecule has 0 aromatic heterocycles. The number of carbonyl (C=O) groups is 1. The molecule has 0 radical (unpaired) electrons. The van der Waals surface area contributed by atoms with Crippen molar-refractivity contribution in [3.63, 3.8) is 0 Å². The number of aryl methyl sites for hydroxylation is 1. The molecule has 1 saturated carbocycles. The van der Waals surface area contributed by atoms with Crippen molar-refractivity contribution in [2.45, 2.75) is 39.2 Å². The van der Waals surface area contributed by atoms with E-state index in [1.165, 1.54) is 36.8 Å². The average molecular weight is 229 g/mol. The third kappa shape index (κ3) is 1.97. The molecule has 3 rings (SSSR count). The first-order valence-corrected chi connectivity index (χ1v) is 6.63. The van der Waals surface area contributed by atoms with Crippen LogP contribution in [0.4, 0.5) is 0 Å². The van der Waals surface area contributed by atoms with Crippen LogP contribution in [0.15, 0.2) is 18.2 Å². The molecule has 0 unspecified atom stereocenters. The predicted molar refractivity (Wildman–Crippen MR) is 67.9 cm³/mol. The SMILES string of the molecule is Cc1ccc2c(c1)CN(CC1CCCC1)C2=O. The molecule has 2 heteroatoms. The van der Waals surface area contributed by atoms with Crippen LogP contribution in [0.2, 0.25) is 0 Å². The number of carbonyl (C=O) groups excluding carboxylic acids is 1. The third-order valence-electron chi connectivity index (χ3n) is 4.09. The molecule has 90 valence electrons. The normalized spacial score (nSPS) is 20.1. The monoisotopic (exact) mass is 229 g/mol. The lowest BCUT2D eigenvalue weighted by molar-refractivity contribution is 0.0753. The first kappa shape index (κ1) is 10.8. The fraction of sp³-hybridized carbons (Fsp3) is 0.533. The van der Waals surface area contributed by atoms with Crippen molar-refractivity contribution in [2.75, 3.05) is 6.54 Å². The second-order valence-corrected chi connectivity index (χ2v) is 5.50. The zero-order valence-corrected chi connectivity index (χ0v) is 10.4. The quantitative estimate of drug-likeness (QED) is 0.763. The number of amides is 1. The third-order valence-corrected chi connectivity index (χ3v) is 4.09. The summed E-state index contributed by atoms with van der Waals surface area (Å²) in [6.07, 6.45) is 5.30. The van der Waals surface area contributed by atoms with Gasteiger partial charge < -0.3 is 4.90 Å². The summed E-state index contributed by atoms with van der Waals surface area (Å²) >= 11 is 0. The molecule has 0 atom stereocenters. The summed E-state index contributed by atoms with van der Waals surface area (Å²) in [4.78, 5) is 14.3. The Morgan fingerprint density at radius 2 is 2.06 bits per heavy atom. The molecular weight excluding hydrogens is 210 g/mol. The van der Waals surface area contributed by atoms with Crippen LogP contribution >= 0.6 is 0 Å². The molecule has 2 nitrogen and oxygen atoms in total. The number of benzene rings is 1. The van der Waals surface area contributed by atoms with Crippen molar-refractivity contribution < 1.29 is 4.79 Å². The van der Waals surface area contributed by atoms with Gasteiger partial charge in [0.2, 0.25) is 0 Å². The van der Waals surface area contributed by atoms with Crippen molar-refractivity contribution in [3.05, 3.63) is 34.9 Å². The summed E-state index contributed by atoms with van der Waals surface area (Å²) in [6, 6.07) is 6.18. The van der Waals surface area contributed by atoms with Crippen LogP contribution in [-0.2, 0) is 6.54 Å². The van der Waals surface area contributed by atoms with Gasteiger partial charge in [0, 0.05) is 18.7 Å². The van der Waals surface area contributed by atoms with Crippen LogP contribution in [-0.4, -0.2) is 17.4 Å². The lowest BCUT2D eigenvalue weighted by atomic mass is 10.1. The largest absolute Gasteiger partial charge is 0.334 e. The van der Waals surface area contributed by atoms with Gasteiger partial charge in [-0.3, -0.25) is 4.79 Å². The second-order valence-electron chi connectivity index (χ2n) is 5.50. The highest BCUT2D eigenvalue weighted by Crippen LogP contribution is 2.29. The van der Waals surface area contributed by atoms with Gasteiger partial charge >= 0.3 is 0 Å². The molecule has 1 aromatic rings. The summed E-state index contributed by atoms with van der Waals surface area (Å²) < 4.78 is 0. The van der Waals surface area contributed by atoms with Gasteiger partial charge in [-0.25, -0.2) is 0 Å². The Bertz CT molecular complexity index is 446. The van der Waals surface area contributed by atoms with Gasteiger partial charge in [-0.15, -0.1) is 0 Å². The maximum absolute atomic E-state index is 12.2. The Kier molecular flexibility index (Phi) is 2.65. The molecule has 0 saturated heterocycles. The number of hydrogen-bond acceptors (Lipinski definition) is 1. The van der Waals surface area contributed by atoms with E-state index >= 15 is 0 Å². The van der Waals surface area contributed by atoms with Crippen molar-refractivity contribution in [3.8, 4) is 0 Å². The summed E-state index contributed by atoms with van der Waals surface area (Å²) in [5.74, 6) is 0.987. The van der Waals surface area contributed by atoms with Crippen molar-refractivity contribution >= 4 is 5.91 Å². The van der Waals surface area contributed by atoms with Gasteiger partial charge in [-0.2, -0.15) is 0 Å². The molecule has 1 aromatic carbocycles. The van der Waals surface area contributed by atoms with Crippen LogP contribution in [0.3, 0.4) is 0 Å². The Balaban J connectivity index is 1.76. The van der Waals surface area contributed by atoms with E-state index in [9.17, 15) is 4.79 Å². The zero-order valence-electron chi connectivity index (χ0n) is 10.4. The first-order valence-electron chi connectivity index (χ1n) is 6.63. The Hall–Kier alpha value is -1.31. The minimum Gasteiger partial charge on any atom is -0.334 e. The minimum absolute atomic E-state index is 0.243. The van der Waals surface area contributed by atoms with Gasteiger partial charge in [0.25, 0.3) is 5.91 Å². The maximum Gasteiger partial charge on any atom is 0.254 e. The number of rotatable bonds is 2. The number of fused-ring (bicyclic) bond motifs is 1. The minimum atomic E-state index is 0.243. The van der Waals surface area contributed by atoms with E-state index in [1.54, 1.807) is 0 Å². The molecule has 0 spiro atoms. The summed E-state index contributed by atoms with van der Waals surface area (Å²) in [7, 11) is 0. The van der Waals surface area contributed by atoms with Gasteiger partial charge in [0.1, 0.15) is 0 Å². The smallest absolute Gasteiger partial charge is 0.254 e. The van der Waals surface area contributed by atoms with Crippen molar-refractivity contribution in [1.82, 2.24) is 4.90 Å². The fourth-order valence-electron chi connectivity index (χ4n) is 3.16. The summed E-state index contributed by atoms with van der Waals surface area (Å²) in [5.41, 5.74) is 3.39. The standard InChI is InChI=1S/C15H19NO/c1-11-6-7-14-13(8-11)10-16(15(14)17)9-12-4-2-3-5-12/h6-8,12H,2-5,9-10H2,1H3. The lowest BCUT2D eigenvalue weighted by Gasteiger charge is -2.19. The van der Waals surface area contributed by atoms with E-state index in [0.717, 1.165) is 24.6 Å². The highest BCUT2D eigenvalue weighted by atomic mass is 16.2. The van der Waals surface area contributed by atoms with E-state index in [-0.39, 0.29) is 5.91 Å². The summed E-state index contributed by atoms with van der Waals surface area (Å²) in [6.45, 7) is 3.88. The van der Waals surface area contributed by atoms with E-state index in [0.29, 0.717) is 0 Å². The van der Waals surface area contributed by atoms with Gasteiger partial charge in [-0.1, -0.05) is 30.5 Å². The van der Waals surface area contributed by atoms with Crippen molar-refractivity contribution in [1.29, 1.82) is 0 Å². The van der Waals surface area contributed by atoms with E-state index in [2.05, 4.69) is 13.0 Å². The molecule has 1 aliphatic carbocycles. The molecule has 1 fully saturated rings. The molecule has 0 N–H and O–H groups in total. The Morgan fingerprint density at radius 3 is 2.82 bits per heavy atom. The second kappa shape index (κ2) is 4.17. The van der Waals surface area contributed by atoms with E-state index in [1.807, 2.05) is 17.0 Å². The number of nitrogens with zero attached hydrogens (tertiary/aromatic N) is 1. The molecule has 1 aliphatic heterocycles. The highest BCUT2D eigenvalue weighted by molar-refractivity contribution is 5.98. The van der Waals surface area contributed by atoms with Crippen LogP contribution in [0, 0.1) is 12.8 Å². The maximum atomic E-state index is 12.2. The van der Waals surface area contributed by atoms with E-state index < -0.39 is 0 Å². The van der Waals surface area contributed by atoms with Crippen LogP contribution in [0.1, 0.15) is 47.2 Å². The Morgan fingerprint density at radius 1 is 1.29 bits per heavy atom. The Labute approximate surface area is 103 Å². The molecule has 2 aliphatic rings. The lowest BCUT2D eigenvalue weighted by Crippen LogP contribution is -2.28. The van der Waals surface area contributed by atoms with Gasteiger partial charge in [0.15, 0.2) is 0 Å². The molecule has 0 bridgehead atoms. The fourth-order valence-corrected chi connectivity index (χ4v) is 3.16. The van der Waals surface area contributed by atoms with Crippen LogP contribution in [0.25, 0.3) is 0 Å². The van der Waals surface area contributed by atoms with Crippen LogP contribution < -0.4 is 0 Å². The molecule has 1 amide bonds. The topological polar surface area (TPSA) is 20.3 Å². The average Bonchev–Trinajstić information content (AvgIpc) is 2.89. The molecule has 17 heavy (non-hydrogen) atoms. The summed E-state index contributed by atoms with van der Waals surface area (Å²) in [5, 5.41) is 0. The van der Waals surface area contributed by atoms with E-state index in [4.69, 9.17) is 0 Å². The zero-order chi connectivity index (χ0) is 11.8. The predicted octanol–water partition coefficient (Wildman–Crippen LogP) is 3.14. The van der Waals surface area contributed by atoms with Crippen molar-refractivity contribution in [2.24, 2.45) is 5.92 Å². The number of hydrogen-bond donors (Lipinski definition) is 0. The molecular formula is C15H19NO. The van der Waals surface area contributed by atoms with Gasteiger partial charge in [0.05, 0.1) is 0 Å². The van der Waals surface area contributed by atoms with Gasteiger partial charge in [-0.05, 0) is 37.3 Å². The molecule has 1 heterocycles. The van der Waals surface area contributed by atoms with Crippen LogP contribution in [0.5, 0.6) is 0 Å². The first-order chi connectivity index (χ1) is 8.24. The highest BCUT2D eigenvalue weighted by Gasteiger charge is 2.29.